The highest BCUT2D eigenvalue weighted by molar-refractivity contribution is 6.15. The fourth-order valence-corrected chi connectivity index (χ4v) is 8.49. The van der Waals surface area contributed by atoms with E-state index in [1.54, 1.807) is 36.4 Å². The first-order valence-electron chi connectivity index (χ1n) is 19.9. The lowest BCUT2D eigenvalue weighted by atomic mass is 9.93. The topological polar surface area (TPSA) is 126 Å². The number of carbonyl (C=O) groups excluding carboxylic acids is 2. The van der Waals surface area contributed by atoms with E-state index in [2.05, 4.69) is 36.8 Å². The summed E-state index contributed by atoms with van der Waals surface area (Å²) >= 11 is 0. The van der Waals surface area contributed by atoms with Crippen LogP contribution in [0.15, 0.2) is 135 Å². The van der Waals surface area contributed by atoms with Crippen molar-refractivity contribution in [1.82, 2.24) is 9.15 Å². The summed E-state index contributed by atoms with van der Waals surface area (Å²) < 4.78 is 24.5. The zero-order valence-corrected chi connectivity index (χ0v) is 33.1. The molecule has 0 fully saturated rings. The molecular formula is C50H40N2O7. The number of nitrogens with zero attached hydrogens (tertiary/aromatic N) is 2. The third-order valence-electron chi connectivity index (χ3n) is 11.4. The van der Waals surface area contributed by atoms with Gasteiger partial charge in [0, 0.05) is 78.8 Å². The minimum atomic E-state index is -1.27. The average Bonchev–Trinajstić information content (AvgIpc) is 3.42. The Balaban J connectivity index is 1.38. The van der Waals surface area contributed by atoms with Crippen LogP contribution in [0.5, 0.6) is 0 Å². The van der Waals surface area contributed by atoms with E-state index in [1.807, 2.05) is 84.9 Å². The highest BCUT2D eigenvalue weighted by Gasteiger charge is 2.20. The Kier molecular flexibility index (Phi) is 9.44. The largest absolute Gasteiger partial charge is 0.545 e. The van der Waals surface area contributed by atoms with E-state index in [9.17, 15) is 19.8 Å². The van der Waals surface area contributed by atoms with Gasteiger partial charge in [0.15, 0.2) is 0 Å². The second kappa shape index (κ2) is 14.9. The van der Waals surface area contributed by atoms with Crippen LogP contribution in [0.25, 0.3) is 88.1 Å². The first kappa shape index (κ1) is 37.3. The van der Waals surface area contributed by atoms with Crippen LogP contribution in [-0.4, -0.2) is 38.1 Å². The summed E-state index contributed by atoms with van der Waals surface area (Å²) in [6.45, 7) is 11.6. The molecule has 0 atom stereocenters. The minimum absolute atomic E-state index is 0.0753. The van der Waals surface area contributed by atoms with Crippen molar-refractivity contribution in [3.63, 3.8) is 0 Å². The SMILES string of the molecule is CC[N+](CC)=c1ccc2c(-c3ccccc3C(=O)[O-])c3cc4ccc5cc6c(-c7ccccc7C(=O)[O-])c7ccc(=[N+](CC)CC)cc7oc6cc5oc4cc3oc2c1. The third-order valence-corrected chi connectivity index (χ3v) is 11.4. The van der Waals surface area contributed by atoms with Gasteiger partial charge in [-0.05, 0) is 63.1 Å². The fraction of sp³-hybridized carbons (Fsp3) is 0.160. The maximum Gasteiger partial charge on any atom is 0.203 e. The molecule has 0 amide bonds. The summed E-state index contributed by atoms with van der Waals surface area (Å²) in [6, 6.07) is 37.3. The molecule has 0 radical (unpaired) electrons. The van der Waals surface area contributed by atoms with Gasteiger partial charge in [0.05, 0.1) is 24.1 Å². The van der Waals surface area contributed by atoms with Crippen LogP contribution >= 0.6 is 0 Å². The van der Waals surface area contributed by atoms with E-state index < -0.39 is 11.9 Å². The monoisotopic (exact) mass is 780 g/mol. The minimum Gasteiger partial charge on any atom is -0.545 e. The molecule has 0 spiro atoms. The van der Waals surface area contributed by atoms with Crippen LogP contribution in [0.1, 0.15) is 48.4 Å². The summed E-state index contributed by atoms with van der Waals surface area (Å²) in [6.07, 6.45) is 0. The zero-order chi connectivity index (χ0) is 40.9. The molecule has 6 aromatic carbocycles. The average molecular weight is 781 g/mol. The van der Waals surface area contributed by atoms with Crippen LogP contribution in [0.2, 0.25) is 0 Å². The van der Waals surface area contributed by atoms with E-state index in [1.165, 1.54) is 0 Å². The lowest BCUT2D eigenvalue weighted by Gasteiger charge is -2.16. The molecule has 59 heavy (non-hydrogen) atoms. The van der Waals surface area contributed by atoms with E-state index >= 15 is 0 Å². The summed E-state index contributed by atoms with van der Waals surface area (Å²) in [5.41, 5.74) is 5.87. The quantitative estimate of drug-likeness (QED) is 0.115. The molecule has 9 rings (SSSR count). The van der Waals surface area contributed by atoms with E-state index in [0.29, 0.717) is 66.5 Å². The lowest BCUT2D eigenvalue weighted by Crippen LogP contribution is -2.29. The Morgan fingerprint density at radius 3 is 1.20 bits per heavy atom. The van der Waals surface area contributed by atoms with E-state index in [-0.39, 0.29) is 11.1 Å². The fourth-order valence-electron chi connectivity index (χ4n) is 8.49. The van der Waals surface area contributed by atoms with Gasteiger partial charge in [0.2, 0.25) is 10.7 Å². The summed E-state index contributed by atoms with van der Waals surface area (Å²) in [7, 11) is 0. The molecule has 0 aliphatic carbocycles. The summed E-state index contributed by atoms with van der Waals surface area (Å²) in [5.74, 6) is -2.54. The Hall–Kier alpha value is -7.26. The van der Waals surface area contributed by atoms with Crippen LogP contribution in [0.4, 0.5) is 0 Å². The maximum atomic E-state index is 12.5. The predicted octanol–water partition coefficient (Wildman–Crippen LogP) is 7.63. The van der Waals surface area contributed by atoms with Gasteiger partial charge in [-0.3, -0.25) is 0 Å². The van der Waals surface area contributed by atoms with Gasteiger partial charge in [-0.25, -0.2) is 9.15 Å². The van der Waals surface area contributed by atoms with Gasteiger partial charge < -0.3 is 33.1 Å². The number of aromatic carboxylic acids is 2. The van der Waals surface area contributed by atoms with Gasteiger partial charge in [0.1, 0.15) is 59.7 Å². The molecular weight excluding hydrogens is 741 g/mol. The molecule has 0 N–H and O–H groups in total. The predicted molar refractivity (Wildman–Crippen MR) is 229 cm³/mol. The Bertz CT molecular complexity index is 3170. The highest BCUT2D eigenvalue weighted by atomic mass is 16.4. The van der Waals surface area contributed by atoms with Crippen molar-refractivity contribution in [2.45, 2.75) is 27.7 Å². The van der Waals surface area contributed by atoms with Crippen molar-refractivity contribution in [1.29, 1.82) is 0 Å². The molecule has 3 aromatic heterocycles. The Labute approximate surface area is 338 Å². The van der Waals surface area contributed by atoms with Gasteiger partial charge in [-0.1, -0.05) is 60.7 Å². The molecule has 0 bridgehead atoms. The van der Waals surface area contributed by atoms with Crippen LogP contribution < -0.4 is 30.1 Å². The number of hydrogen-bond acceptors (Lipinski definition) is 7. The van der Waals surface area contributed by atoms with E-state index in [4.69, 9.17) is 13.3 Å². The molecule has 0 saturated carbocycles. The molecule has 9 aromatic rings. The van der Waals surface area contributed by atoms with Crippen molar-refractivity contribution in [3.8, 4) is 22.3 Å². The number of benzene rings is 6. The lowest BCUT2D eigenvalue weighted by molar-refractivity contribution is -0.256. The molecule has 0 saturated heterocycles. The van der Waals surface area contributed by atoms with Crippen molar-refractivity contribution in [3.05, 3.63) is 143 Å². The van der Waals surface area contributed by atoms with Crippen molar-refractivity contribution in [2.75, 3.05) is 26.2 Å². The molecule has 0 aliphatic rings. The molecule has 9 nitrogen and oxygen atoms in total. The van der Waals surface area contributed by atoms with Gasteiger partial charge >= 0.3 is 0 Å². The van der Waals surface area contributed by atoms with E-state index in [0.717, 1.165) is 58.4 Å². The molecule has 0 unspecified atom stereocenters. The summed E-state index contributed by atoms with van der Waals surface area (Å²) in [5, 5.41) is 31.4. The smallest absolute Gasteiger partial charge is 0.203 e. The standard InChI is InChI=1S/C50H40N2O7/c1-5-51(6-2)31-19-21-37-43(25-31)58-45-27-41-29(23-39(45)47(37)33-13-9-11-15-35(33)49(53)54)17-18-30-24-40-46(28-42(30)57-41)59-44-26-32(52(7-3)8-4)20-22-38(44)48(40)34-14-10-12-16-36(34)50(55)56/h9-28H,5-8H2,1-4H3. The van der Waals surface area contributed by atoms with Gasteiger partial charge in [0.25, 0.3) is 0 Å². The van der Waals surface area contributed by atoms with Gasteiger partial charge in [-0.15, -0.1) is 0 Å². The van der Waals surface area contributed by atoms with Crippen LogP contribution in [0.3, 0.4) is 0 Å². The molecule has 0 aliphatic heterocycles. The molecule has 3 heterocycles. The molecule has 9 heteroatoms. The molecule has 292 valence electrons. The number of rotatable bonds is 8. The number of carbonyl (C=O) groups is 2. The van der Waals surface area contributed by atoms with Gasteiger partial charge in [-0.2, -0.15) is 0 Å². The highest BCUT2D eigenvalue weighted by Crippen LogP contribution is 2.42. The number of hydrogen-bond donors (Lipinski definition) is 0. The van der Waals surface area contributed by atoms with Crippen molar-refractivity contribution in [2.24, 2.45) is 0 Å². The number of fused-ring (bicyclic) bond motifs is 6. The summed E-state index contributed by atoms with van der Waals surface area (Å²) in [4.78, 5) is 25.0. The first-order valence-corrected chi connectivity index (χ1v) is 19.9. The maximum absolute atomic E-state index is 12.5. The van der Waals surface area contributed by atoms with Crippen LogP contribution in [-0.2, 0) is 0 Å². The Morgan fingerprint density at radius 1 is 0.441 bits per heavy atom. The normalized spacial score (nSPS) is 11.6. The Morgan fingerprint density at radius 2 is 0.814 bits per heavy atom. The number of carboxylic acids is 2. The van der Waals surface area contributed by atoms with Crippen LogP contribution in [0, 0.1) is 0 Å². The van der Waals surface area contributed by atoms with Crippen molar-refractivity contribution < 1.29 is 33.1 Å². The second-order valence-corrected chi connectivity index (χ2v) is 14.5. The zero-order valence-electron chi connectivity index (χ0n) is 33.1. The number of carboxylic acid groups (broad SMARTS) is 2. The first-order chi connectivity index (χ1) is 28.7. The second-order valence-electron chi connectivity index (χ2n) is 14.5. The van der Waals surface area contributed by atoms with Crippen molar-refractivity contribution >= 4 is 77.8 Å². The third kappa shape index (κ3) is 6.35.